The van der Waals surface area contributed by atoms with E-state index in [9.17, 15) is 9.59 Å². The van der Waals surface area contributed by atoms with Crippen molar-refractivity contribution < 1.29 is 9.59 Å². The Balaban J connectivity index is 3.51. The predicted molar refractivity (Wildman–Crippen MR) is 177 cm³/mol. The molecule has 3 nitrogen and oxygen atoms in total. The number of hydrogen-bond acceptors (Lipinski definition) is 3. The highest BCUT2D eigenvalue weighted by molar-refractivity contribution is 6.06. The van der Waals surface area contributed by atoms with Crippen LogP contribution in [0.4, 0.5) is 0 Å². The molecule has 0 aromatic heterocycles. The maximum Gasteiger partial charge on any atom is 0.157 e. The van der Waals surface area contributed by atoms with Crippen molar-refractivity contribution in [2.24, 2.45) is 5.73 Å². The summed E-state index contributed by atoms with van der Waals surface area (Å²) in [6, 6.07) is -0.895. The number of hydrogen-bond donors (Lipinski definition) is 1. The van der Waals surface area contributed by atoms with E-state index < -0.39 is 6.04 Å². The molecule has 0 unspecified atom stereocenters. The monoisotopic (exact) mass is 560 g/mol. The van der Waals surface area contributed by atoms with Gasteiger partial charge in [0.15, 0.2) is 11.6 Å². The first-order valence-corrected chi connectivity index (χ1v) is 17.7. The Kier molecular flexibility index (Phi) is 31.3. The van der Waals surface area contributed by atoms with Gasteiger partial charge in [0.25, 0.3) is 0 Å². The largest absolute Gasteiger partial charge is 0.315 e. The van der Waals surface area contributed by atoms with Crippen LogP contribution in [0.15, 0.2) is 24.3 Å². The first-order valence-electron chi connectivity index (χ1n) is 17.7. The number of ketones is 2. The van der Waals surface area contributed by atoms with Gasteiger partial charge in [-0.3, -0.25) is 9.59 Å². The molecule has 0 aromatic carbocycles. The predicted octanol–water partition coefficient (Wildman–Crippen LogP) is 11.5. The molecule has 0 aliphatic carbocycles. The standard InChI is InChI=1S/C37H69NO2/c1-3-5-7-9-11-13-15-17-19-21-23-25-27-29-31-33-35(39)37(38)36(40)34-32-30-28-26-24-22-20-18-16-14-12-10-8-6-4-2/h17-20,37H,3-16,21-34,38H2,1-2H3. The van der Waals surface area contributed by atoms with Gasteiger partial charge in [0, 0.05) is 12.8 Å². The molecule has 0 saturated carbocycles. The lowest BCUT2D eigenvalue weighted by atomic mass is 9.98. The number of unbranched alkanes of at least 4 members (excludes halogenated alkanes) is 22. The van der Waals surface area contributed by atoms with Crippen molar-refractivity contribution in [3.63, 3.8) is 0 Å². The summed E-state index contributed by atoms with van der Waals surface area (Å²) in [6.07, 6.45) is 42.5. The molecule has 0 spiro atoms. The van der Waals surface area contributed by atoms with Crippen LogP contribution in [-0.4, -0.2) is 17.6 Å². The molecule has 0 saturated heterocycles. The number of allylic oxidation sites excluding steroid dienone is 4. The zero-order valence-electron chi connectivity index (χ0n) is 27.1. The van der Waals surface area contributed by atoms with Gasteiger partial charge in [-0.05, 0) is 64.2 Å². The lowest BCUT2D eigenvalue weighted by Crippen LogP contribution is -2.38. The van der Waals surface area contributed by atoms with E-state index in [0.29, 0.717) is 12.8 Å². The van der Waals surface area contributed by atoms with E-state index in [0.717, 1.165) is 38.5 Å². The van der Waals surface area contributed by atoms with Crippen molar-refractivity contribution in [3.8, 4) is 0 Å². The van der Waals surface area contributed by atoms with E-state index in [4.69, 9.17) is 5.73 Å². The van der Waals surface area contributed by atoms with E-state index in [1.807, 2.05) is 0 Å². The molecule has 0 amide bonds. The Hall–Kier alpha value is -1.22. The topological polar surface area (TPSA) is 60.2 Å². The fourth-order valence-corrected chi connectivity index (χ4v) is 5.23. The molecule has 0 heterocycles. The molecule has 0 fully saturated rings. The van der Waals surface area contributed by atoms with Gasteiger partial charge >= 0.3 is 0 Å². The van der Waals surface area contributed by atoms with Crippen molar-refractivity contribution >= 4 is 11.6 Å². The average molecular weight is 560 g/mol. The van der Waals surface area contributed by atoms with Gasteiger partial charge in [-0.25, -0.2) is 0 Å². The molecule has 234 valence electrons. The van der Waals surface area contributed by atoms with Gasteiger partial charge in [-0.2, -0.15) is 0 Å². The van der Waals surface area contributed by atoms with Crippen molar-refractivity contribution in [3.05, 3.63) is 24.3 Å². The summed E-state index contributed by atoms with van der Waals surface area (Å²) < 4.78 is 0. The van der Waals surface area contributed by atoms with E-state index in [1.54, 1.807) is 0 Å². The summed E-state index contributed by atoms with van der Waals surface area (Å²) in [6.45, 7) is 4.53. The fraction of sp³-hybridized carbons (Fsp3) is 0.838. The smallest absolute Gasteiger partial charge is 0.157 e. The van der Waals surface area contributed by atoms with Crippen LogP contribution in [0.25, 0.3) is 0 Å². The molecule has 0 atom stereocenters. The molecular weight excluding hydrogens is 490 g/mol. The fourth-order valence-electron chi connectivity index (χ4n) is 5.23. The second-order valence-corrected chi connectivity index (χ2v) is 12.1. The highest BCUT2D eigenvalue weighted by atomic mass is 16.2. The third-order valence-corrected chi connectivity index (χ3v) is 8.06. The summed E-state index contributed by atoms with van der Waals surface area (Å²) in [4.78, 5) is 24.6. The molecule has 3 heteroatoms. The summed E-state index contributed by atoms with van der Waals surface area (Å²) in [5.74, 6) is -0.120. The number of Topliss-reactive ketones (excluding diaryl/α,β-unsaturated/α-hetero) is 2. The highest BCUT2D eigenvalue weighted by Crippen LogP contribution is 2.13. The minimum atomic E-state index is -0.895. The summed E-state index contributed by atoms with van der Waals surface area (Å²) in [7, 11) is 0. The Morgan fingerprint density at radius 3 is 0.975 bits per heavy atom. The highest BCUT2D eigenvalue weighted by Gasteiger charge is 2.20. The summed E-state index contributed by atoms with van der Waals surface area (Å²) in [5.41, 5.74) is 5.97. The number of carbonyl (C=O) groups is 2. The number of nitrogens with two attached hydrogens (primary N) is 1. The SMILES string of the molecule is CCCCCCCCC=CCCCCCCCC(=O)C(N)C(=O)CCCCCCCC=CCCCCCCCC. The van der Waals surface area contributed by atoms with Crippen LogP contribution < -0.4 is 5.73 Å². The van der Waals surface area contributed by atoms with E-state index in [-0.39, 0.29) is 11.6 Å². The van der Waals surface area contributed by atoms with Crippen LogP contribution in [0.3, 0.4) is 0 Å². The maximum absolute atomic E-state index is 12.3. The first kappa shape index (κ1) is 38.8. The second kappa shape index (κ2) is 32.3. The lowest BCUT2D eigenvalue weighted by molar-refractivity contribution is -0.129. The average Bonchev–Trinajstić information content (AvgIpc) is 2.96. The zero-order chi connectivity index (χ0) is 29.4. The normalized spacial score (nSPS) is 12.6. The van der Waals surface area contributed by atoms with Gasteiger partial charge in [0.2, 0.25) is 0 Å². The molecule has 0 aliphatic rings. The molecular formula is C37H69NO2. The minimum Gasteiger partial charge on any atom is -0.315 e. The Bertz CT molecular complexity index is 557. The molecule has 0 bridgehead atoms. The second-order valence-electron chi connectivity index (χ2n) is 12.1. The third kappa shape index (κ3) is 28.3. The van der Waals surface area contributed by atoms with Gasteiger partial charge in [-0.15, -0.1) is 0 Å². The molecule has 40 heavy (non-hydrogen) atoms. The zero-order valence-corrected chi connectivity index (χ0v) is 27.1. The van der Waals surface area contributed by atoms with Crippen molar-refractivity contribution in [2.45, 2.75) is 200 Å². The van der Waals surface area contributed by atoms with Gasteiger partial charge in [-0.1, -0.05) is 141 Å². The number of carbonyl (C=O) groups excluding carboxylic acids is 2. The van der Waals surface area contributed by atoms with Gasteiger partial charge in [0.05, 0.1) is 0 Å². The summed E-state index contributed by atoms with van der Waals surface area (Å²) >= 11 is 0. The van der Waals surface area contributed by atoms with Crippen LogP contribution in [0.2, 0.25) is 0 Å². The minimum absolute atomic E-state index is 0.0598. The van der Waals surface area contributed by atoms with E-state index in [1.165, 1.54) is 128 Å². The molecule has 0 rings (SSSR count). The van der Waals surface area contributed by atoms with E-state index >= 15 is 0 Å². The van der Waals surface area contributed by atoms with Crippen LogP contribution in [-0.2, 0) is 9.59 Å². The van der Waals surface area contributed by atoms with E-state index in [2.05, 4.69) is 38.2 Å². The Labute approximate surface area is 250 Å². The summed E-state index contributed by atoms with van der Waals surface area (Å²) in [5, 5.41) is 0. The Morgan fingerprint density at radius 2 is 0.675 bits per heavy atom. The van der Waals surface area contributed by atoms with Crippen LogP contribution in [0.1, 0.15) is 194 Å². The molecule has 2 N–H and O–H groups in total. The van der Waals surface area contributed by atoms with Crippen LogP contribution >= 0.6 is 0 Å². The van der Waals surface area contributed by atoms with Gasteiger partial charge < -0.3 is 5.73 Å². The Morgan fingerprint density at radius 1 is 0.425 bits per heavy atom. The van der Waals surface area contributed by atoms with Gasteiger partial charge in [0.1, 0.15) is 6.04 Å². The van der Waals surface area contributed by atoms with Crippen molar-refractivity contribution in [1.82, 2.24) is 0 Å². The third-order valence-electron chi connectivity index (χ3n) is 8.06. The van der Waals surface area contributed by atoms with Crippen LogP contribution in [0, 0.1) is 0 Å². The molecule has 0 aromatic rings. The van der Waals surface area contributed by atoms with Crippen molar-refractivity contribution in [2.75, 3.05) is 0 Å². The number of rotatable bonds is 32. The molecule has 0 aliphatic heterocycles. The first-order chi connectivity index (χ1) is 19.6. The molecule has 0 radical (unpaired) electrons. The quantitative estimate of drug-likeness (QED) is 0.0506. The van der Waals surface area contributed by atoms with Crippen molar-refractivity contribution in [1.29, 1.82) is 0 Å². The lowest BCUT2D eigenvalue weighted by Gasteiger charge is -2.09. The van der Waals surface area contributed by atoms with Crippen LogP contribution in [0.5, 0.6) is 0 Å². The maximum atomic E-state index is 12.3.